The summed E-state index contributed by atoms with van der Waals surface area (Å²) in [6, 6.07) is 18.5. The van der Waals surface area contributed by atoms with Crippen LogP contribution in [0, 0.1) is 5.41 Å². The van der Waals surface area contributed by atoms with Crippen molar-refractivity contribution in [3.05, 3.63) is 87.7 Å². The number of aliphatic hydroxyl groups is 1. The number of ether oxygens (including phenoxy) is 2. The number of piperidine rings is 1. The first-order valence-corrected chi connectivity index (χ1v) is 16.3. The van der Waals surface area contributed by atoms with Crippen LogP contribution in [0.15, 0.2) is 65.3 Å². The first kappa shape index (κ1) is 32.2. The highest BCUT2D eigenvalue weighted by molar-refractivity contribution is 9.10. The van der Waals surface area contributed by atoms with Crippen molar-refractivity contribution in [3.8, 4) is 11.3 Å². The van der Waals surface area contributed by atoms with E-state index in [9.17, 15) is 9.90 Å². The Balaban J connectivity index is 1.49. The van der Waals surface area contributed by atoms with Gasteiger partial charge in [0.1, 0.15) is 6.61 Å². The Kier molecular flexibility index (Phi) is 10.1. The lowest BCUT2D eigenvalue weighted by Crippen LogP contribution is -2.38. The van der Waals surface area contributed by atoms with E-state index in [2.05, 4.69) is 65.5 Å². The highest BCUT2D eigenvalue weighted by atomic mass is 79.9. The van der Waals surface area contributed by atoms with Crippen molar-refractivity contribution in [2.75, 3.05) is 26.8 Å². The molecule has 0 radical (unpaired) electrons. The van der Waals surface area contributed by atoms with Crippen LogP contribution in [-0.4, -0.2) is 52.5 Å². The number of pyridine rings is 1. The van der Waals surface area contributed by atoms with Crippen LogP contribution in [0.25, 0.3) is 22.2 Å². The predicted octanol–water partition coefficient (Wildman–Crippen LogP) is 8.27. The smallest absolute Gasteiger partial charge is 0.410 e. The Morgan fingerprint density at radius 2 is 1.86 bits per heavy atom. The molecule has 1 aliphatic heterocycles. The van der Waals surface area contributed by atoms with Gasteiger partial charge < -0.3 is 24.0 Å². The van der Waals surface area contributed by atoms with E-state index >= 15 is 0 Å². The zero-order valence-corrected chi connectivity index (χ0v) is 28.1. The molecule has 1 fully saturated rings. The van der Waals surface area contributed by atoms with Gasteiger partial charge in [0.05, 0.1) is 17.5 Å². The third-order valence-electron chi connectivity index (χ3n) is 8.89. The molecule has 2 aromatic carbocycles. The third kappa shape index (κ3) is 6.87. The summed E-state index contributed by atoms with van der Waals surface area (Å²) in [5.41, 5.74) is 7.34. The number of hydrogen-bond acceptors (Lipinski definition) is 5. The summed E-state index contributed by atoms with van der Waals surface area (Å²) in [4.78, 5) is 19.7. The fraction of sp³-hybridized carbons (Fsp3) is 0.444. The highest BCUT2D eigenvalue weighted by Gasteiger charge is 2.30. The van der Waals surface area contributed by atoms with E-state index in [1.165, 1.54) is 16.5 Å². The lowest BCUT2D eigenvalue weighted by Gasteiger charge is -2.32. The molecule has 1 saturated heterocycles. The van der Waals surface area contributed by atoms with Crippen LogP contribution >= 0.6 is 15.9 Å². The van der Waals surface area contributed by atoms with Gasteiger partial charge in [-0.3, -0.25) is 4.98 Å². The summed E-state index contributed by atoms with van der Waals surface area (Å²) in [6.07, 6.45) is 3.94. The molecule has 4 aromatic rings. The summed E-state index contributed by atoms with van der Waals surface area (Å²) in [6.45, 7) is 10.9. The van der Waals surface area contributed by atoms with Crippen LogP contribution in [0.1, 0.15) is 74.9 Å². The third-order valence-corrected chi connectivity index (χ3v) is 9.39. The molecular formula is C36H44BrN3O4. The normalized spacial score (nSPS) is 15.1. The number of likely N-dealkylation sites (tertiary alicyclic amines) is 1. The predicted molar refractivity (Wildman–Crippen MR) is 179 cm³/mol. The van der Waals surface area contributed by atoms with Crippen LogP contribution in [0.3, 0.4) is 0 Å². The molecule has 1 N–H and O–H groups in total. The number of fused-ring (bicyclic) bond motifs is 1. The van der Waals surface area contributed by atoms with Crippen molar-refractivity contribution in [2.45, 2.75) is 72.1 Å². The van der Waals surface area contributed by atoms with Gasteiger partial charge in [0.15, 0.2) is 0 Å². The van der Waals surface area contributed by atoms with Crippen molar-refractivity contribution in [3.63, 3.8) is 0 Å². The lowest BCUT2D eigenvalue weighted by molar-refractivity contribution is 0.0870. The van der Waals surface area contributed by atoms with E-state index in [1.807, 2.05) is 48.4 Å². The number of nitrogens with zero attached hydrogens (tertiary/aromatic N) is 3. The Labute approximate surface area is 269 Å². The fourth-order valence-electron chi connectivity index (χ4n) is 6.29. The lowest BCUT2D eigenvalue weighted by atomic mass is 9.83. The molecular weight excluding hydrogens is 618 g/mol. The van der Waals surface area contributed by atoms with Gasteiger partial charge in [-0.2, -0.15) is 0 Å². The van der Waals surface area contributed by atoms with E-state index in [0.717, 1.165) is 51.9 Å². The van der Waals surface area contributed by atoms with Gasteiger partial charge in [-0.25, -0.2) is 4.79 Å². The number of aromatic nitrogens is 2. The minimum atomic E-state index is -0.302. The van der Waals surface area contributed by atoms with Gasteiger partial charge in [-0.05, 0) is 85.4 Å². The first-order chi connectivity index (χ1) is 21.2. The van der Waals surface area contributed by atoms with Crippen molar-refractivity contribution in [2.24, 2.45) is 5.41 Å². The number of carbonyl (C=O) groups excluding carboxylic acids is 1. The number of rotatable bonds is 10. The molecule has 234 valence electrons. The Morgan fingerprint density at radius 3 is 2.52 bits per heavy atom. The van der Waals surface area contributed by atoms with Crippen LogP contribution in [-0.2, 0) is 29.0 Å². The maximum atomic E-state index is 12.8. The van der Waals surface area contributed by atoms with Crippen LogP contribution < -0.4 is 0 Å². The second-order valence-corrected chi connectivity index (χ2v) is 13.5. The standard InChI is InChI=1S/C36H44BrN3O4/c1-6-40-32-13-12-28(37)19-29(32)31(20-36(3,4)23-41)34(40)30-18-27(21-38-33(30)24(2)43-5)26-14-16-39(17-15-26)35(42)44-22-25-10-8-7-9-11-25/h7-13,18-19,21,24,26,41H,6,14-17,20,22-23H2,1-5H3/t24-/m0/s1. The van der Waals surface area contributed by atoms with Crippen molar-refractivity contribution in [1.82, 2.24) is 14.5 Å². The quantitative estimate of drug-likeness (QED) is 0.185. The van der Waals surface area contributed by atoms with Gasteiger partial charge in [-0.15, -0.1) is 0 Å². The van der Waals surface area contributed by atoms with Gasteiger partial charge in [0.25, 0.3) is 0 Å². The number of aliphatic hydroxyl groups excluding tert-OH is 1. The minimum absolute atomic E-state index is 0.0885. The van der Waals surface area contributed by atoms with Crippen LogP contribution in [0.5, 0.6) is 0 Å². The minimum Gasteiger partial charge on any atom is -0.445 e. The van der Waals surface area contributed by atoms with E-state index < -0.39 is 0 Å². The largest absolute Gasteiger partial charge is 0.445 e. The molecule has 0 saturated carbocycles. The van der Waals surface area contributed by atoms with Gasteiger partial charge in [0, 0.05) is 60.5 Å². The Hall–Kier alpha value is -3.20. The number of halogens is 1. The zero-order chi connectivity index (χ0) is 31.4. The molecule has 44 heavy (non-hydrogen) atoms. The number of amides is 1. The number of methoxy groups -OCH3 is 1. The summed E-state index contributed by atoms with van der Waals surface area (Å²) < 4.78 is 14.8. The fourth-order valence-corrected chi connectivity index (χ4v) is 6.65. The summed E-state index contributed by atoms with van der Waals surface area (Å²) in [7, 11) is 1.72. The number of benzene rings is 2. The number of carbonyl (C=O) groups is 1. The molecule has 1 atom stereocenters. The maximum absolute atomic E-state index is 12.8. The van der Waals surface area contributed by atoms with Crippen LogP contribution in [0.4, 0.5) is 4.79 Å². The average Bonchev–Trinajstić information content (AvgIpc) is 3.34. The Bertz CT molecular complexity index is 1590. The molecule has 0 aliphatic carbocycles. The molecule has 1 amide bonds. The number of aryl methyl sites for hydroxylation is 1. The van der Waals surface area contributed by atoms with Crippen LogP contribution in [0.2, 0.25) is 0 Å². The van der Waals surface area contributed by atoms with Gasteiger partial charge in [0.2, 0.25) is 0 Å². The molecule has 3 heterocycles. The summed E-state index contributed by atoms with van der Waals surface area (Å²) >= 11 is 3.70. The molecule has 0 spiro atoms. The Morgan fingerprint density at radius 1 is 1.14 bits per heavy atom. The molecule has 1 aliphatic rings. The number of hydrogen-bond donors (Lipinski definition) is 1. The molecule has 2 aromatic heterocycles. The van der Waals surface area contributed by atoms with Gasteiger partial charge >= 0.3 is 6.09 Å². The molecule has 0 bridgehead atoms. The maximum Gasteiger partial charge on any atom is 0.410 e. The highest BCUT2D eigenvalue weighted by Crippen LogP contribution is 2.42. The second kappa shape index (κ2) is 13.8. The summed E-state index contributed by atoms with van der Waals surface area (Å²) in [5.74, 6) is 0.275. The van der Waals surface area contributed by atoms with Crippen molar-refractivity contribution < 1.29 is 19.4 Å². The molecule has 5 rings (SSSR count). The SMILES string of the molecule is CCn1c(-c2cc(C3CCN(C(=O)OCc4ccccc4)CC3)cnc2[C@H](C)OC)c(CC(C)(C)CO)c2cc(Br)ccc21. The second-order valence-electron chi connectivity index (χ2n) is 12.6. The molecule has 8 heteroatoms. The first-order valence-electron chi connectivity index (χ1n) is 15.6. The monoisotopic (exact) mass is 661 g/mol. The molecule has 0 unspecified atom stereocenters. The van der Waals surface area contributed by atoms with Gasteiger partial charge in [-0.1, -0.05) is 60.1 Å². The van der Waals surface area contributed by atoms with E-state index in [1.54, 1.807) is 7.11 Å². The van der Waals surface area contributed by atoms with E-state index in [0.29, 0.717) is 19.5 Å². The molecule has 7 nitrogen and oxygen atoms in total. The van der Waals surface area contributed by atoms with Crippen molar-refractivity contribution >= 4 is 32.9 Å². The zero-order valence-electron chi connectivity index (χ0n) is 26.5. The van der Waals surface area contributed by atoms with Crippen molar-refractivity contribution in [1.29, 1.82) is 0 Å². The average molecular weight is 663 g/mol. The van der Waals surface area contributed by atoms with E-state index in [-0.39, 0.29) is 36.7 Å². The topological polar surface area (TPSA) is 76.8 Å². The van der Waals surface area contributed by atoms with E-state index in [4.69, 9.17) is 14.5 Å². The summed E-state index contributed by atoms with van der Waals surface area (Å²) in [5, 5.41) is 11.5.